The molecular formula is C22H24N2O5S. The Balaban J connectivity index is 0.00000124. The zero-order valence-electron chi connectivity index (χ0n) is 17.2. The molecule has 7 nitrogen and oxygen atoms in total. The van der Waals surface area contributed by atoms with E-state index in [2.05, 4.69) is 4.98 Å². The third kappa shape index (κ3) is 4.77. The van der Waals surface area contributed by atoms with Crippen molar-refractivity contribution >= 4 is 33.3 Å². The second kappa shape index (κ2) is 10.2. The van der Waals surface area contributed by atoms with Crippen LogP contribution in [-0.4, -0.2) is 55.2 Å². The van der Waals surface area contributed by atoms with E-state index in [1.165, 1.54) is 18.4 Å². The highest BCUT2D eigenvalue weighted by atomic mass is 32.1. The SMILES string of the molecule is CC.COC(=O)c1cc2c(Oc3ccc(C(=O)N4CCOCC4)cc3)cncc2s1. The van der Waals surface area contributed by atoms with Crippen LogP contribution in [0.1, 0.15) is 33.9 Å². The molecule has 2 aromatic heterocycles. The highest BCUT2D eigenvalue weighted by Crippen LogP contribution is 2.34. The number of thiophene rings is 1. The molecule has 3 aromatic rings. The van der Waals surface area contributed by atoms with Crippen LogP contribution in [0.4, 0.5) is 0 Å². The monoisotopic (exact) mass is 428 g/mol. The van der Waals surface area contributed by atoms with Gasteiger partial charge in [-0.3, -0.25) is 9.78 Å². The molecule has 1 aliphatic heterocycles. The molecule has 0 bridgehead atoms. The summed E-state index contributed by atoms with van der Waals surface area (Å²) < 4.78 is 16.8. The van der Waals surface area contributed by atoms with Crippen LogP contribution in [0.3, 0.4) is 0 Å². The summed E-state index contributed by atoms with van der Waals surface area (Å²) in [6.45, 7) is 6.34. The van der Waals surface area contributed by atoms with Gasteiger partial charge in [0.2, 0.25) is 0 Å². The number of amides is 1. The number of aromatic nitrogens is 1. The van der Waals surface area contributed by atoms with Crippen LogP contribution in [-0.2, 0) is 9.47 Å². The van der Waals surface area contributed by atoms with E-state index in [1.54, 1.807) is 47.6 Å². The van der Waals surface area contributed by atoms with Crippen LogP contribution in [0.15, 0.2) is 42.7 Å². The first-order valence-corrected chi connectivity index (χ1v) is 10.6. The summed E-state index contributed by atoms with van der Waals surface area (Å²) in [6, 6.07) is 8.72. The number of carbonyl (C=O) groups excluding carboxylic acids is 2. The van der Waals surface area contributed by atoms with Crippen molar-refractivity contribution in [3.8, 4) is 11.5 Å². The first-order chi connectivity index (χ1) is 14.7. The average molecular weight is 429 g/mol. The molecule has 0 saturated carbocycles. The van der Waals surface area contributed by atoms with Gasteiger partial charge in [-0.25, -0.2) is 4.79 Å². The van der Waals surface area contributed by atoms with Gasteiger partial charge < -0.3 is 19.1 Å². The fourth-order valence-corrected chi connectivity index (χ4v) is 3.92. The fraction of sp³-hybridized carbons (Fsp3) is 0.318. The van der Waals surface area contributed by atoms with Gasteiger partial charge in [0, 0.05) is 30.2 Å². The molecule has 0 N–H and O–H groups in total. The van der Waals surface area contributed by atoms with Crippen LogP contribution in [0.25, 0.3) is 10.1 Å². The summed E-state index contributed by atoms with van der Waals surface area (Å²) in [5, 5.41) is 0.786. The molecular weight excluding hydrogens is 404 g/mol. The number of methoxy groups -OCH3 is 1. The van der Waals surface area contributed by atoms with Crippen LogP contribution in [0, 0.1) is 0 Å². The maximum atomic E-state index is 12.5. The Morgan fingerprint density at radius 1 is 1.10 bits per heavy atom. The number of rotatable bonds is 4. The number of nitrogens with zero attached hydrogens (tertiary/aromatic N) is 2. The quantitative estimate of drug-likeness (QED) is 0.574. The van der Waals surface area contributed by atoms with E-state index >= 15 is 0 Å². The number of hydrogen-bond acceptors (Lipinski definition) is 7. The van der Waals surface area contributed by atoms with Crippen molar-refractivity contribution in [2.24, 2.45) is 0 Å². The van der Waals surface area contributed by atoms with Gasteiger partial charge in [-0.05, 0) is 30.3 Å². The van der Waals surface area contributed by atoms with Crippen molar-refractivity contribution in [3.05, 3.63) is 53.2 Å². The minimum absolute atomic E-state index is 0.0147. The summed E-state index contributed by atoms with van der Waals surface area (Å²) in [4.78, 5) is 30.7. The molecule has 3 heterocycles. The van der Waals surface area contributed by atoms with E-state index < -0.39 is 5.97 Å². The number of carbonyl (C=O) groups is 2. The summed E-state index contributed by atoms with van der Waals surface area (Å²) >= 11 is 1.30. The Bertz CT molecular complexity index is 1010. The predicted octanol–water partition coefficient (Wildman–Crippen LogP) is 4.37. The Hall–Kier alpha value is -2.97. The summed E-state index contributed by atoms with van der Waals surface area (Å²) in [5.74, 6) is 0.715. The first-order valence-electron chi connectivity index (χ1n) is 9.76. The molecule has 1 aliphatic rings. The van der Waals surface area contributed by atoms with Gasteiger partial charge in [-0.2, -0.15) is 0 Å². The van der Waals surface area contributed by atoms with Crippen molar-refractivity contribution in [1.82, 2.24) is 9.88 Å². The lowest BCUT2D eigenvalue weighted by Crippen LogP contribution is -2.40. The largest absolute Gasteiger partial charge is 0.465 e. The summed E-state index contributed by atoms with van der Waals surface area (Å²) in [5.41, 5.74) is 0.606. The molecule has 1 fully saturated rings. The van der Waals surface area contributed by atoms with Gasteiger partial charge in [0.15, 0.2) is 5.75 Å². The third-order valence-electron chi connectivity index (χ3n) is 4.42. The van der Waals surface area contributed by atoms with Gasteiger partial charge in [0.05, 0.1) is 31.2 Å². The number of ether oxygens (including phenoxy) is 3. The number of morpholine rings is 1. The molecule has 30 heavy (non-hydrogen) atoms. The second-order valence-electron chi connectivity index (χ2n) is 6.18. The maximum Gasteiger partial charge on any atom is 0.348 e. The number of fused-ring (bicyclic) bond motifs is 1. The minimum atomic E-state index is -0.391. The topological polar surface area (TPSA) is 78.0 Å². The maximum absolute atomic E-state index is 12.5. The van der Waals surface area contributed by atoms with Gasteiger partial charge >= 0.3 is 5.97 Å². The summed E-state index contributed by atoms with van der Waals surface area (Å²) in [7, 11) is 1.35. The Labute approximate surface area is 179 Å². The lowest BCUT2D eigenvalue weighted by molar-refractivity contribution is 0.0303. The molecule has 4 rings (SSSR count). The number of pyridine rings is 1. The second-order valence-corrected chi connectivity index (χ2v) is 7.27. The van der Waals surface area contributed by atoms with Crippen molar-refractivity contribution < 1.29 is 23.8 Å². The van der Waals surface area contributed by atoms with Gasteiger partial charge in [-0.1, -0.05) is 13.8 Å². The number of hydrogen-bond donors (Lipinski definition) is 0. The zero-order valence-corrected chi connectivity index (χ0v) is 18.0. The minimum Gasteiger partial charge on any atom is -0.465 e. The van der Waals surface area contributed by atoms with E-state index in [1.807, 2.05) is 13.8 Å². The molecule has 1 aromatic carbocycles. The Morgan fingerprint density at radius 3 is 2.47 bits per heavy atom. The lowest BCUT2D eigenvalue weighted by Gasteiger charge is -2.26. The molecule has 1 saturated heterocycles. The normalized spacial score (nSPS) is 13.4. The molecule has 0 atom stereocenters. The van der Waals surface area contributed by atoms with Crippen molar-refractivity contribution in [3.63, 3.8) is 0 Å². The average Bonchev–Trinajstić information content (AvgIpc) is 3.26. The van der Waals surface area contributed by atoms with E-state index in [0.717, 1.165) is 10.1 Å². The van der Waals surface area contributed by atoms with E-state index in [9.17, 15) is 9.59 Å². The standard InChI is InChI=1S/C20H18N2O5S.C2H6/c1-25-20(24)17-10-15-16(11-21-12-18(15)28-17)27-14-4-2-13(3-5-14)19(23)22-6-8-26-9-7-22;1-2/h2-5,10-12H,6-9H2,1H3;1-2H3. The van der Waals surface area contributed by atoms with Crippen LogP contribution in [0.5, 0.6) is 11.5 Å². The van der Waals surface area contributed by atoms with E-state index in [4.69, 9.17) is 14.2 Å². The molecule has 1 amide bonds. The van der Waals surface area contributed by atoms with Crippen LogP contribution < -0.4 is 4.74 Å². The summed E-state index contributed by atoms with van der Waals surface area (Å²) in [6.07, 6.45) is 3.28. The molecule has 158 valence electrons. The van der Waals surface area contributed by atoms with Crippen LogP contribution in [0.2, 0.25) is 0 Å². The Kier molecular flexibility index (Phi) is 7.37. The van der Waals surface area contributed by atoms with E-state index in [0.29, 0.717) is 48.2 Å². The zero-order chi connectivity index (χ0) is 21.5. The highest BCUT2D eigenvalue weighted by Gasteiger charge is 2.19. The van der Waals surface area contributed by atoms with Crippen LogP contribution >= 0.6 is 11.3 Å². The number of benzene rings is 1. The van der Waals surface area contributed by atoms with Crippen molar-refractivity contribution in [1.29, 1.82) is 0 Å². The van der Waals surface area contributed by atoms with Crippen molar-refractivity contribution in [2.75, 3.05) is 33.4 Å². The smallest absolute Gasteiger partial charge is 0.348 e. The molecule has 0 aliphatic carbocycles. The third-order valence-corrected chi connectivity index (χ3v) is 5.47. The first kappa shape index (κ1) is 21.7. The molecule has 8 heteroatoms. The Morgan fingerprint density at radius 2 is 1.80 bits per heavy atom. The predicted molar refractivity (Wildman–Crippen MR) is 116 cm³/mol. The van der Waals surface area contributed by atoms with Crippen molar-refractivity contribution in [2.45, 2.75) is 13.8 Å². The highest BCUT2D eigenvalue weighted by molar-refractivity contribution is 7.20. The van der Waals surface area contributed by atoms with Gasteiger partial charge in [0.25, 0.3) is 5.91 Å². The molecule has 0 radical (unpaired) electrons. The fourth-order valence-electron chi connectivity index (χ4n) is 2.96. The van der Waals surface area contributed by atoms with Gasteiger partial charge in [-0.15, -0.1) is 11.3 Å². The lowest BCUT2D eigenvalue weighted by atomic mass is 10.2. The van der Waals surface area contributed by atoms with E-state index in [-0.39, 0.29) is 5.91 Å². The van der Waals surface area contributed by atoms with Gasteiger partial charge in [0.1, 0.15) is 10.6 Å². The number of esters is 1. The molecule has 0 unspecified atom stereocenters. The molecule has 0 spiro atoms.